The van der Waals surface area contributed by atoms with Crippen molar-refractivity contribution in [3.63, 3.8) is 0 Å². The summed E-state index contributed by atoms with van der Waals surface area (Å²) in [5.74, 6) is -4.21. The van der Waals surface area contributed by atoms with Gasteiger partial charge in [-0.25, -0.2) is 13.2 Å². The number of aryl methyl sites for hydroxylation is 1. The predicted octanol–water partition coefficient (Wildman–Crippen LogP) is 4.29. The third kappa shape index (κ3) is 2.90. The van der Waals surface area contributed by atoms with Gasteiger partial charge in [-0.3, -0.25) is 4.79 Å². The number of ketones is 1. The Balaban J connectivity index is 2.36. The highest BCUT2D eigenvalue weighted by Gasteiger charge is 2.20. The number of rotatable bonds is 4. The molecule has 2 rings (SSSR count). The summed E-state index contributed by atoms with van der Waals surface area (Å²) in [6.07, 6.45) is 1.84. The van der Waals surface area contributed by atoms with Crippen molar-refractivity contribution in [2.45, 2.75) is 19.8 Å². The molecule has 0 atom stereocenters. The lowest BCUT2D eigenvalue weighted by molar-refractivity contribution is 0.103. The highest BCUT2D eigenvalue weighted by atomic mass is 19.1. The summed E-state index contributed by atoms with van der Waals surface area (Å²) in [7, 11) is 0. The van der Waals surface area contributed by atoms with Crippen molar-refractivity contribution < 1.29 is 18.0 Å². The normalized spacial score (nSPS) is 10.6. The zero-order chi connectivity index (χ0) is 14.7. The second-order valence-corrected chi connectivity index (χ2v) is 4.52. The number of carbonyl (C=O) groups excluding carboxylic acids is 1. The summed E-state index contributed by atoms with van der Waals surface area (Å²) in [6.45, 7) is 2.03. The van der Waals surface area contributed by atoms with E-state index in [9.17, 15) is 18.0 Å². The van der Waals surface area contributed by atoms with Crippen molar-refractivity contribution in [2.75, 3.05) is 0 Å². The Morgan fingerprint density at radius 2 is 1.55 bits per heavy atom. The van der Waals surface area contributed by atoms with Crippen LogP contribution in [0.2, 0.25) is 0 Å². The van der Waals surface area contributed by atoms with Crippen LogP contribution >= 0.6 is 0 Å². The maximum absolute atomic E-state index is 13.5. The molecule has 0 saturated carbocycles. The minimum Gasteiger partial charge on any atom is -0.288 e. The molecule has 4 heteroatoms. The first-order valence-corrected chi connectivity index (χ1v) is 6.31. The van der Waals surface area contributed by atoms with Crippen molar-refractivity contribution in [2.24, 2.45) is 0 Å². The van der Waals surface area contributed by atoms with Crippen LogP contribution in [-0.2, 0) is 6.42 Å². The number of carbonyl (C=O) groups is 1. The van der Waals surface area contributed by atoms with Gasteiger partial charge in [0.15, 0.2) is 5.78 Å². The Labute approximate surface area is 115 Å². The van der Waals surface area contributed by atoms with E-state index in [1.54, 1.807) is 12.1 Å². The highest BCUT2D eigenvalue weighted by molar-refractivity contribution is 6.09. The van der Waals surface area contributed by atoms with Crippen LogP contribution in [0.3, 0.4) is 0 Å². The van der Waals surface area contributed by atoms with Gasteiger partial charge < -0.3 is 0 Å². The molecule has 2 aromatic rings. The van der Waals surface area contributed by atoms with E-state index in [1.807, 2.05) is 6.92 Å². The average molecular weight is 278 g/mol. The molecule has 0 spiro atoms. The first kappa shape index (κ1) is 14.3. The number of hydrogen-bond acceptors (Lipinski definition) is 1. The third-order valence-electron chi connectivity index (χ3n) is 2.99. The van der Waals surface area contributed by atoms with Crippen molar-refractivity contribution >= 4 is 5.78 Å². The lowest BCUT2D eigenvalue weighted by atomic mass is 10.00. The fraction of sp³-hybridized carbons (Fsp3) is 0.188. The van der Waals surface area contributed by atoms with Crippen LogP contribution in [0.5, 0.6) is 0 Å². The Morgan fingerprint density at radius 3 is 2.05 bits per heavy atom. The summed E-state index contributed by atoms with van der Waals surface area (Å²) in [4.78, 5) is 12.1. The van der Waals surface area contributed by atoms with Gasteiger partial charge in [-0.05, 0) is 12.0 Å². The van der Waals surface area contributed by atoms with Crippen LogP contribution in [0.25, 0.3) is 0 Å². The van der Waals surface area contributed by atoms with Gasteiger partial charge in [0, 0.05) is 17.7 Å². The lowest BCUT2D eigenvalue weighted by Gasteiger charge is -2.06. The molecule has 20 heavy (non-hydrogen) atoms. The maximum atomic E-state index is 13.5. The maximum Gasteiger partial charge on any atom is 0.198 e. The van der Waals surface area contributed by atoms with E-state index in [1.165, 1.54) is 12.1 Å². The molecule has 1 nitrogen and oxygen atoms in total. The van der Waals surface area contributed by atoms with Crippen molar-refractivity contribution in [1.29, 1.82) is 0 Å². The van der Waals surface area contributed by atoms with Gasteiger partial charge in [0.2, 0.25) is 0 Å². The molecule has 0 heterocycles. The predicted molar refractivity (Wildman–Crippen MR) is 70.2 cm³/mol. The summed E-state index contributed by atoms with van der Waals surface area (Å²) >= 11 is 0. The molecule has 0 bridgehead atoms. The largest absolute Gasteiger partial charge is 0.288 e. The van der Waals surface area contributed by atoms with Crippen molar-refractivity contribution in [3.05, 3.63) is 70.5 Å². The Hall–Kier alpha value is -2.10. The molecule has 0 aliphatic carbocycles. The van der Waals surface area contributed by atoms with Gasteiger partial charge >= 0.3 is 0 Å². The molecular weight excluding hydrogens is 265 g/mol. The van der Waals surface area contributed by atoms with Crippen LogP contribution in [-0.4, -0.2) is 5.78 Å². The van der Waals surface area contributed by atoms with E-state index in [0.29, 0.717) is 12.1 Å². The zero-order valence-electron chi connectivity index (χ0n) is 10.9. The summed E-state index contributed by atoms with van der Waals surface area (Å²) in [5, 5.41) is 0. The Morgan fingerprint density at radius 1 is 1.00 bits per heavy atom. The van der Waals surface area contributed by atoms with E-state index in [2.05, 4.69) is 0 Å². The number of hydrogen-bond donors (Lipinski definition) is 0. The molecule has 2 aromatic carbocycles. The summed E-state index contributed by atoms with van der Waals surface area (Å²) in [5.41, 5.74) is 0.494. The topological polar surface area (TPSA) is 17.1 Å². The second-order valence-electron chi connectivity index (χ2n) is 4.52. The first-order chi connectivity index (χ1) is 9.52. The summed E-state index contributed by atoms with van der Waals surface area (Å²) in [6, 6.07) is 7.54. The fourth-order valence-corrected chi connectivity index (χ4v) is 2.01. The van der Waals surface area contributed by atoms with Crippen LogP contribution in [0.15, 0.2) is 36.4 Å². The van der Waals surface area contributed by atoms with Crippen LogP contribution < -0.4 is 0 Å². The van der Waals surface area contributed by atoms with Gasteiger partial charge in [0.25, 0.3) is 0 Å². The third-order valence-corrected chi connectivity index (χ3v) is 2.99. The molecule has 0 fully saturated rings. The number of halogens is 3. The van der Waals surface area contributed by atoms with Crippen molar-refractivity contribution in [3.8, 4) is 0 Å². The molecule has 104 valence electrons. The van der Waals surface area contributed by atoms with Gasteiger partial charge in [-0.15, -0.1) is 0 Å². The molecule has 0 aliphatic heterocycles. The number of benzene rings is 2. The van der Waals surface area contributed by atoms with E-state index >= 15 is 0 Å². The Bertz CT molecular complexity index is 610. The average Bonchev–Trinajstić information content (AvgIpc) is 2.38. The Kier molecular flexibility index (Phi) is 4.23. The van der Waals surface area contributed by atoms with E-state index in [0.717, 1.165) is 18.4 Å². The molecule has 0 saturated heterocycles. The minimum absolute atomic E-state index is 0.175. The molecule has 0 unspecified atom stereocenters. The lowest BCUT2D eigenvalue weighted by Crippen LogP contribution is -2.08. The van der Waals surface area contributed by atoms with E-state index < -0.39 is 28.8 Å². The standard InChI is InChI=1S/C16H13F3O/c1-2-3-10-4-6-11(7-5-10)16(20)15-13(18)8-12(17)9-14(15)19/h4-9H,2-3H2,1H3. The molecule has 0 N–H and O–H groups in total. The van der Waals surface area contributed by atoms with E-state index in [-0.39, 0.29) is 5.56 Å². The molecule has 0 aromatic heterocycles. The SMILES string of the molecule is CCCc1ccc(C(=O)c2c(F)cc(F)cc2F)cc1. The molecule has 0 radical (unpaired) electrons. The van der Waals surface area contributed by atoms with Gasteiger partial charge in [-0.2, -0.15) is 0 Å². The fourth-order valence-electron chi connectivity index (χ4n) is 2.01. The smallest absolute Gasteiger partial charge is 0.198 e. The quantitative estimate of drug-likeness (QED) is 0.763. The molecule has 0 aliphatic rings. The first-order valence-electron chi connectivity index (χ1n) is 6.31. The second kappa shape index (κ2) is 5.90. The molecular formula is C16H13F3O. The van der Waals surface area contributed by atoms with Crippen molar-refractivity contribution in [1.82, 2.24) is 0 Å². The van der Waals surface area contributed by atoms with Crippen LogP contribution in [0.1, 0.15) is 34.8 Å². The van der Waals surface area contributed by atoms with Gasteiger partial charge in [0.1, 0.15) is 17.5 Å². The van der Waals surface area contributed by atoms with Gasteiger partial charge in [0.05, 0.1) is 5.56 Å². The van der Waals surface area contributed by atoms with Crippen LogP contribution in [0, 0.1) is 17.5 Å². The van der Waals surface area contributed by atoms with Crippen LogP contribution in [0.4, 0.5) is 13.2 Å². The highest BCUT2D eigenvalue weighted by Crippen LogP contribution is 2.19. The minimum atomic E-state index is -1.19. The monoisotopic (exact) mass is 278 g/mol. The van der Waals surface area contributed by atoms with E-state index in [4.69, 9.17) is 0 Å². The van der Waals surface area contributed by atoms with Gasteiger partial charge in [-0.1, -0.05) is 37.6 Å². The summed E-state index contributed by atoms with van der Waals surface area (Å²) < 4.78 is 39.9. The molecule has 0 amide bonds. The zero-order valence-corrected chi connectivity index (χ0v) is 10.9.